The number of halogens is 1. The lowest BCUT2D eigenvalue weighted by atomic mass is 9.86. The molecule has 20 heavy (non-hydrogen) atoms. The van der Waals surface area contributed by atoms with Gasteiger partial charge in [0.05, 0.1) is 11.0 Å². The fourth-order valence-corrected chi connectivity index (χ4v) is 3.62. The van der Waals surface area contributed by atoms with Crippen LogP contribution in [0.25, 0.3) is 11.0 Å². The van der Waals surface area contributed by atoms with E-state index in [0.29, 0.717) is 12.0 Å². The van der Waals surface area contributed by atoms with E-state index in [9.17, 15) is 0 Å². The molecule has 0 radical (unpaired) electrons. The minimum absolute atomic E-state index is 0.393. The van der Waals surface area contributed by atoms with Crippen LogP contribution in [0.2, 0.25) is 0 Å². The van der Waals surface area contributed by atoms with Gasteiger partial charge in [0.15, 0.2) is 0 Å². The summed E-state index contributed by atoms with van der Waals surface area (Å²) >= 11 is 3.54. The number of rotatable bonds is 3. The zero-order chi connectivity index (χ0) is 14.1. The van der Waals surface area contributed by atoms with Gasteiger partial charge in [-0.05, 0) is 50.3 Å². The molecule has 0 amide bonds. The summed E-state index contributed by atoms with van der Waals surface area (Å²) in [6.07, 6.45) is 5.75. The molecule has 0 atom stereocenters. The van der Waals surface area contributed by atoms with E-state index in [1.807, 2.05) is 0 Å². The first kappa shape index (κ1) is 14.1. The lowest BCUT2D eigenvalue weighted by molar-refractivity contribution is 0.376. The second-order valence-electron chi connectivity index (χ2n) is 5.87. The standard InChI is InChI=1S/C16H22BrN3/c1-2-9-20-15-8-5-12(17)10-14(15)19-16(20)11-3-6-13(18)7-4-11/h5,8,10-11,13H,2-4,6-7,9,18H2,1H3. The summed E-state index contributed by atoms with van der Waals surface area (Å²) < 4.78 is 3.52. The Kier molecular flexibility index (Phi) is 4.13. The minimum Gasteiger partial charge on any atom is -0.328 e. The Morgan fingerprint density at radius 2 is 2.05 bits per heavy atom. The van der Waals surface area contributed by atoms with Gasteiger partial charge in [-0.3, -0.25) is 0 Å². The molecular weight excluding hydrogens is 314 g/mol. The Morgan fingerprint density at radius 1 is 1.30 bits per heavy atom. The molecule has 1 fully saturated rings. The molecule has 108 valence electrons. The molecule has 1 aromatic carbocycles. The van der Waals surface area contributed by atoms with Crippen molar-refractivity contribution in [2.45, 2.75) is 57.5 Å². The SMILES string of the molecule is CCCn1c(C2CCC(N)CC2)nc2cc(Br)ccc21. The summed E-state index contributed by atoms with van der Waals surface area (Å²) in [5, 5.41) is 0. The fourth-order valence-electron chi connectivity index (χ4n) is 3.27. The third-order valence-electron chi connectivity index (χ3n) is 4.32. The third kappa shape index (κ3) is 2.63. The monoisotopic (exact) mass is 335 g/mol. The summed E-state index contributed by atoms with van der Waals surface area (Å²) in [4.78, 5) is 4.93. The number of aryl methyl sites for hydroxylation is 1. The van der Waals surface area contributed by atoms with Crippen molar-refractivity contribution in [3.63, 3.8) is 0 Å². The van der Waals surface area contributed by atoms with Crippen LogP contribution in [-0.4, -0.2) is 15.6 Å². The summed E-state index contributed by atoms with van der Waals surface area (Å²) in [7, 11) is 0. The molecule has 1 aromatic heterocycles. The molecule has 1 heterocycles. The van der Waals surface area contributed by atoms with E-state index < -0.39 is 0 Å². The number of benzene rings is 1. The van der Waals surface area contributed by atoms with Crippen molar-refractivity contribution < 1.29 is 0 Å². The van der Waals surface area contributed by atoms with Crippen LogP contribution >= 0.6 is 15.9 Å². The van der Waals surface area contributed by atoms with E-state index >= 15 is 0 Å². The highest BCUT2D eigenvalue weighted by Crippen LogP contribution is 2.34. The van der Waals surface area contributed by atoms with Gasteiger partial charge in [-0.15, -0.1) is 0 Å². The van der Waals surface area contributed by atoms with Gasteiger partial charge in [-0.25, -0.2) is 4.98 Å². The maximum atomic E-state index is 6.03. The van der Waals surface area contributed by atoms with Crippen LogP contribution in [0.5, 0.6) is 0 Å². The van der Waals surface area contributed by atoms with Gasteiger partial charge in [0.1, 0.15) is 5.82 Å². The maximum Gasteiger partial charge on any atom is 0.112 e. The van der Waals surface area contributed by atoms with E-state index in [2.05, 4.69) is 45.6 Å². The molecule has 1 aliphatic rings. The Balaban J connectivity index is 2.02. The Bertz CT molecular complexity index is 597. The van der Waals surface area contributed by atoms with E-state index in [1.165, 1.54) is 24.2 Å². The van der Waals surface area contributed by atoms with Gasteiger partial charge >= 0.3 is 0 Å². The van der Waals surface area contributed by atoms with Crippen molar-refractivity contribution in [3.05, 3.63) is 28.5 Å². The van der Waals surface area contributed by atoms with Gasteiger partial charge < -0.3 is 10.3 Å². The average Bonchev–Trinajstić information content (AvgIpc) is 2.78. The average molecular weight is 336 g/mol. The number of hydrogen-bond acceptors (Lipinski definition) is 2. The molecule has 1 saturated carbocycles. The largest absolute Gasteiger partial charge is 0.328 e. The van der Waals surface area contributed by atoms with E-state index in [0.717, 1.165) is 35.8 Å². The normalized spacial score (nSPS) is 23.4. The van der Waals surface area contributed by atoms with Crippen molar-refractivity contribution in [3.8, 4) is 0 Å². The molecule has 3 nitrogen and oxygen atoms in total. The number of aromatic nitrogens is 2. The minimum atomic E-state index is 0.393. The zero-order valence-corrected chi connectivity index (χ0v) is 13.6. The van der Waals surface area contributed by atoms with Crippen molar-refractivity contribution in [1.29, 1.82) is 0 Å². The Labute approximate surface area is 128 Å². The molecule has 1 aliphatic carbocycles. The first-order chi connectivity index (χ1) is 9.69. The van der Waals surface area contributed by atoms with Crippen LogP contribution in [0.1, 0.15) is 50.8 Å². The lowest BCUT2D eigenvalue weighted by Gasteiger charge is -2.26. The molecule has 0 spiro atoms. The Morgan fingerprint density at radius 3 is 2.75 bits per heavy atom. The summed E-state index contributed by atoms with van der Waals surface area (Å²) in [5.41, 5.74) is 8.41. The highest BCUT2D eigenvalue weighted by atomic mass is 79.9. The van der Waals surface area contributed by atoms with Crippen LogP contribution in [0, 0.1) is 0 Å². The second-order valence-corrected chi connectivity index (χ2v) is 6.78. The van der Waals surface area contributed by atoms with Crippen molar-refractivity contribution in [2.75, 3.05) is 0 Å². The summed E-state index contributed by atoms with van der Waals surface area (Å²) in [6.45, 7) is 3.28. The zero-order valence-electron chi connectivity index (χ0n) is 12.0. The fraction of sp³-hybridized carbons (Fsp3) is 0.562. The number of fused-ring (bicyclic) bond motifs is 1. The van der Waals surface area contributed by atoms with Gasteiger partial charge in [0.2, 0.25) is 0 Å². The predicted octanol–water partition coefficient (Wildman–Crippen LogP) is 4.19. The Hall–Kier alpha value is -0.870. The van der Waals surface area contributed by atoms with Crippen molar-refractivity contribution >= 4 is 27.0 Å². The first-order valence-electron chi connectivity index (χ1n) is 7.60. The quantitative estimate of drug-likeness (QED) is 0.913. The van der Waals surface area contributed by atoms with Crippen molar-refractivity contribution in [2.24, 2.45) is 5.73 Å². The first-order valence-corrected chi connectivity index (χ1v) is 8.39. The van der Waals surface area contributed by atoms with Gasteiger partial charge in [-0.2, -0.15) is 0 Å². The predicted molar refractivity (Wildman–Crippen MR) is 86.9 cm³/mol. The highest BCUT2D eigenvalue weighted by molar-refractivity contribution is 9.10. The molecule has 0 aliphatic heterocycles. The molecule has 0 unspecified atom stereocenters. The highest BCUT2D eigenvalue weighted by Gasteiger charge is 2.25. The molecule has 0 bridgehead atoms. The number of nitrogens with zero attached hydrogens (tertiary/aromatic N) is 2. The molecular formula is C16H22BrN3. The molecule has 2 aromatic rings. The molecule has 4 heteroatoms. The van der Waals surface area contributed by atoms with Crippen LogP contribution in [0.3, 0.4) is 0 Å². The van der Waals surface area contributed by atoms with Gasteiger partial charge in [-0.1, -0.05) is 22.9 Å². The number of hydrogen-bond donors (Lipinski definition) is 1. The van der Waals surface area contributed by atoms with E-state index in [1.54, 1.807) is 0 Å². The van der Waals surface area contributed by atoms with E-state index in [-0.39, 0.29) is 0 Å². The van der Waals surface area contributed by atoms with E-state index in [4.69, 9.17) is 10.7 Å². The van der Waals surface area contributed by atoms with Crippen LogP contribution in [0.4, 0.5) is 0 Å². The number of imidazole rings is 1. The molecule has 0 saturated heterocycles. The van der Waals surface area contributed by atoms with Gasteiger partial charge in [0, 0.05) is 23.0 Å². The molecule has 3 rings (SSSR count). The smallest absolute Gasteiger partial charge is 0.112 e. The molecule has 2 N–H and O–H groups in total. The summed E-state index contributed by atoms with van der Waals surface area (Å²) in [5.74, 6) is 1.85. The number of nitrogens with two attached hydrogens (primary N) is 1. The lowest BCUT2D eigenvalue weighted by Crippen LogP contribution is -2.26. The van der Waals surface area contributed by atoms with Crippen molar-refractivity contribution in [1.82, 2.24) is 9.55 Å². The van der Waals surface area contributed by atoms with Crippen LogP contribution in [-0.2, 0) is 6.54 Å². The van der Waals surface area contributed by atoms with Gasteiger partial charge in [0.25, 0.3) is 0 Å². The summed E-state index contributed by atoms with van der Waals surface area (Å²) in [6, 6.07) is 6.81. The third-order valence-corrected chi connectivity index (χ3v) is 4.82. The topological polar surface area (TPSA) is 43.8 Å². The van der Waals surface area contributed by atoms with Crippen LogP contribution < -0.4 is 5.73 Å². The van der Waals surface area contributed by atoms with Crippen LogP contribution in [0.15, 0.2) is 22.7 Å². The second kappa shape index (κ2) is 5.86. The maximum absolute atomic E-state index is 6.03.